The van der Waals surface area contributed by atoms with Crippen molar-refractivity contribution < 1.29 is 136 Å². The van der Waals surface area contributed by atoms with Gasteiger partial charge in [-0.05, 0) is 50.2 Å². The van der Waals surface area contributed by atoms with E-state index in [0.717, 1.165) is 13.6 Å². The monoisotopic (exact) mass is 1390 g/mol. The molecule has 36 nitrogen and oxygen atoms in total. The summed E-state index contributed by atoms with van der Waals surface area (Å²) in [7, 11) is -3.69. The third-order valence-corrected chi connectivity index (χ3v) is 15.8. The normalized spacial score (nSPS) is 25.7. The van der Waals surface area contributed by atoms with Gasteiger partial charge in [-0.2, -0.15) is 0 Å². The second-order valence-electron chi connectivity index (χ2n) is 23.0. The predicted octanol–water partition coefficient (Wildman–Crippen LogP) is -7.22. The molecule has 2 heterocycles. The Bertz CT molecular complexity index is 2520. The van der Waals surface area contributed by atoms with Crippen LogP contribution in [0.25, 0.3) is 0 Å². The number of nitrogens with one attached hydrogen (secondary N) is 7. The van der Waals surface area contributed by atoms with Gasteiger partial charge in [0.15, 0.2) is 25.2 Å². The van der Waals surface area contributed by atoms with E-state index in [1.54, 1.807) is 24.3 Å². The Morgan fingerprint density at radius 3 is 1.55 bits per heavy atom. The molecule has 2 aliphatic heterocycles. The Labute approximate surface area is 550 Å². The van der Waals surface area contributed by atoms with Crippen LogP contribution in [-0.4, -0.2) is 314 Å². The van der Waals surface area contributed by atoms with Gasteiger partial charge in [-0.15, -0.1) is 0 Å². The van der Waals surface area contributed by atoms with Crippen molar-refractivity contribution in [3.63, 3.8) is 0 Å². The van der Waals surface area contributed by atoms with Crippen LogP contribution in [0.1, 0.15) is 64.5 Å². The second kappa shape index (κ2) is 43.3. The van der Waals surface area contributed by atoms with E-state index >= 15 is 0 Å². The molecule has 544 valence electrons. The maximum Gasteiger partial charge on any atom is 0.325 e. The zero-order valence-corrected chi connectivity index (χ0v) is 55.0. The molecule has 2 saturated heterocycles. The molecule has 15 unspecified atom stereocenters. The maximum atomic E-state index is 14.5. The third-order valence-electron chi connectivity index (χ3n) is 15.1. The van der Waals surface area contributed by atoms with E-state index in [1.165, 1.54) is 25.7 Å². The molecule has 1 aliphatic carbocycles. The van der Waals surface area contributed by atoms with Gasteiger partial charge in [0.25, 0.3) is 0 Å². The summed E-state index contributed by atoms with van der Waals surface area (Å²) in [5.41, 5.74) is 1.27. The van der Waals surface area contributed by atoms with E-state index in [2.05, 4.69) is 37.2 Å². The van der Waals surface area contributed by atoms with Gasteiger partial charge < -0.3 is 135 Å². The Hall–Kier alpha value is -5.10. The molecule has 1 aromatic rings. The van der Waals surface area contributed by atoms with Crippen LogP contribution in [0.4, 0.5) is 0 Å². The molecule has 17 N–H and O–H groups in total. The quantitative estimate of drug-likeness (QED) is 0.0164. The molecule has 15 atom stereocenters. The lowest BCUT2D eigenvalue weighted by atomic mass is 9.87. The molecule has 4 rings (SSSR count). The highest BCUT2D eigenvalue weighted by Gasteiger charge is 2.47. The number of benzene rings is 1. The topological polar surface area (TPSA) is 519 Å². The first-order valence-corrected chi connectivity index (χ1v) is 33.3. The molecule has 7 amide bonds. The van der Waals surface area contributed by atoms with Crippen LogP contribution < -0.4 is 37.2 Å². The second-order valence-corrected chi connectivity index (χ2v) is 24.8. The average Bonchev–Trinajstić information content (AvgIpc) is 0.825. The molecule has 1 saturated carbocycles. The first kappa shape index (κ1) is 82.3. The summed E-state index contributed by atoms with van der Waals surface area (Å²) in [6, 6.07) is 1.82. The summed E-state index contributed by atoms with van der Waals surface area (Å²) in [6.07, 6.45) is -14.2. The van der Waals surface area contributed by atoms with Gasteiger partial charge in [0.2, 0.25) is 41.4 Å². The van der Waals surface area contributed by atoms with Gasteiger partial charge >= 0.3 is 7.60 Å². The van der Waals surface area contributed by atoms with Crippen molar-refractivity contribution in [3.05, 3.63) is 35.4 Å². The standard InChI is InChI=1S/C58H99N8O28P/c1-33(30-67)91-58(48(55(81)82)65-36(4)72)90-25-22-86-18-15-60-45(74)29-66(28-44(73)59-14-17-85-20-23-88-56-46(63-34(2)70)51(77)49(75)42(31-68)92-56)41(26-37-6-8-38(9-7-37)27-62-53(79)39-10-12-40(13-11-39)94-95(5,83)84)54(80)61-16-19-87-21-24-89-57-47(64-35(3)71)52(78)50(76)43(32-69)93-57/h6-9,33,39-43,46-52,55-58,67-69,75-78,81-82H,10-32H2,1-5H3,(H,59,73)(H,60,74)(H,61,80)(H,62,79)(H,63,70)(H,64,71)(H,65,72)(H,83,84). The fourth-order valence-corrected chi connectivity index (χ4v) is 11.1. The highest BCUT2D eigenvalue weighted by Crippen LogP contribution is 2.42. The van der Waals surface area contributed by atoms with E-state index in [9.17, 15) is 89.0 Å². The van der Waals surface area contributed by atoms with Crippen molar-refractivity contribution >= 4 is 48.9 Å². The van der Waals surface area contributed by atoms with Crippen molar-refractivity contribution in [1.82, 2.24) is 42.1 Å². The lowest BCUT2D eigenvalue weighted by Crippen LogP contribution is -2.64. The fraction of sp³-hybridized carbons (Fsp3) is 0.776. The number of ether oxygens (including phenoxy) is 9. The van der Waals surface area contributed by atoms with Gasteiger partial charge in [-0.1, -0.05) is 24.3 Å². The number of rotatable bonds is 44. The third kappa shape index (κ3) is 30.3. The van der Waals surface area contributed by atoms with Crippen molar-refractivity contribution in [2.75, 3.05) is 119 Å². The number of amides is 7. The number of hydrogen-bond donors (Lipinski definition) is 17. The van der Waals surface area contributed by atoms with Crippen molar-refractivity contribution in [2.24, 2.45) is 5.92 Å². The molecule has 3 fully saturated rings. The van der Waals surface area contributed by atoms with E-state index in [4.69, 9.17) is 47.2 Å². The van der Waals surface area contributed by atoms with Crippen LogP contribution in [0.3, 0.4) is 0 Å². The minimum Gasteiger partial charge on any atom is -0.394 e. The zero-order chi connectivity index (χ0) is 70.2. The van der Waals surface area contributed by atoms with Crippen LogP contribution in [0.2, 0.25) is 0 Å². The Kier molecular flexibility index (Phi) is 37.6. The molecule has 3 aliphatic rings. The molecular weight excluding hydrogens is 1290 g/mol. The predicted molar refractivity (Wildman–Crippen MR) is 327 cm³/mol. The maximum absolute atomic E-state index is 14.5. The molecular formula is C58H99N8O28P. The molecule has 0 aromatic heterocycles. The summed E-state index contributed by atoms with van der Waals surface area (Å²) in [5.74, 6) is -4.20. The van der Waals surface area contributed by atoms with Crippen LogP contribution in [0.15, 0.2) is 24.3 Å². The summed E-state index contributed by atoms with van der Waals surface area (Å²) < 4.78 is 67.7. The minimum absolute atomic E-state index is 0.0833. The molecule has 0 radical (unpaired) electrons. The van der Waals surface area contributed by atoms with Gasteiger partial charge in [-0.3, -0.25) is 43.0 Å². The Balaban J connectivity index is 1.48. The van der Waals surface area contributed by atoms with Crippen molar-refractivity contribution in [3.8, 4) is 0 Å². The number of carbonyl (C=O) groups is 7. The molecule has 37 heteroatoms. The van der Waals surface area contributed by atoms with Crippen LogP contribution >= 0.6 is 7.60 Å². The Morgan fingerprint density at radius 1 is 0.632 bits per heavy atom. The zero-order valence-electron chi connectivity index (χ0n) is 54.1. The Morgan fingerprint density at radius 2 is 1.11 bits per heavy atom. The summed E-state index contributed by atoms with van der Waals surface area (Å²) in [4.78, 5) is 102. The van der Waals surface area contributed by atoms with Gasteiger partial charge in [0, 0.05) is 59.5 Å². The van der Waals surface area contributed by atoms with Crippen LogP contribution in [0, 0.1) is 5.92 Å². The number of aliphatic hydroxyl groups is 9. The highest BCUT2D eigenvalue weighted by molar-refractivity contribution is 7.51. The first-order valence-electron chi connectivity index (χ1n) is 31.3. The number of nitrogens with zero attached hydrogens (tertiary/aromatic N) is 1. The lowest BCUT2D eigenvalue weighted by Gasteiger charge is -2.42. The summed E-state index contributed by atoms with van der Waals surface area (Å²) in [5, 5.41) is 109. The number of aliphatic hydroxyl groups excluding tert-OH is 8. The van der Waals surface area contributed by atoms with Crippen molar-refractivity contribution in [2.45, 2.75) is 165 Å². The van der Waals surface area contributed by atoms with E-state index in [1.807, 2.05) is 0 Å². The average molecular weight is 1390 g/mol. The van der Waals surface area contributed by atoms with Gasteiger partial charge in [-0.25, -0.2) is 0 Å². The largest absolute Gasteiger partial charge is 0.394 e. The molecule has 0 bridgehead atoms. The van der Waals surface area contributed by atoms with Crippen LogP contribution in [-0.2, 0) is 98.2 Å². The summed E-state index contributed by atoms with van der Waals surface area (Å²) in [6.45, 7) is 1.96. The van der Waals surface area contributed by atoms with E-state index in [-0.39, 0.29) is 104 Å². The lowest BCUT2D eigenvalue weighted by molar-refractivity contribution is -0.272. The minimum atomic E-state index is -3.69. The fourth-order valence-electron chi connectivity index (χ4n) is 10.3. The molecule has 1 aromatic carbocycles. The van der Waals surface area contributed by atoms with E-state index < -0.39 is 174 Å². The van der Waals surface area contributed by atoms with Crippen LogP contribution in [0.5, 0.6) is 0 Å². The van der Waals surface area contributed by atoms with E-state index in [0.29, 0.717) is 36.8 Å². The molecule has 95 heavy (non-hydrogen) atoms. The number of carbonyl (C=O) groups excluding carboxylic acids is 7. The number of hydrogen-bond acceptors (Lipinski definition) is 28. The van der Waals surface area contributed by atoms with Gasteiger partial charge in [0.1, 0.15) is 54.7 Å². The van der Waals surface area contributed by atoms with Crippen molar-refractivity contribution in [1.29, 1.82) is 0 Å². The van der Waals surface area contributed by atoms with Gasteiger partial charge in [0.05, 0.1) is 111 Å². The first-order chi connectivity index (χ1) is 45.1. The smallest absolute Gasteiger partial charge is 0.325 e. The SMILES string of the molecule is CC(=O)NC(C(O)O)C(OCCOCCNC(=O)CN(CC(=O)NCCOCCOC1OC(CO)C(O)C(O)C1NC(C)=O)C(Cc1ccc(CNC(=O)C2CCC(OP(C)(=O)O)CC2)cc1)C(=O)NCCOCCOC1OC(CO)C(O)C(O)C1NC(C)=O)OC(C)CO. The molecule has 0 spiro atoms. The summed E-state index contributed by atoms with van der Waals surface area (Å²) >= 11 is 0. The highest BCUT2D eigenvalue weighted by atomic mass is 31.2.